The number of nitrogens with zero attached hydrogens (tertiary/aromatic N) is 4. The largest absolute Gasteiger partial charge is 0.341 e. The Bertz CT molecular complexity index is 348. The minimum absolute atomic E-state index is 0.478. The van der Waals surface area contributed by atoms with Crippen molar-refractivity contribution in [1.82, 2.24) is 14.8 Å². The van der Waals surface area contributed by atoms with E-state index in [-0.39, 0.29) is 0 Å². The van der Waals surface area contributed by atoms with Crippen LogP contribution in [0.3, 0.4) is 0 Å². The van der Waals surface area contributed by atoms with Crippen LogP contribution >= 0.6 is 15.9 Å². The average molecular weight is 273 g/mol. The Morgan fingerprint density at radius 1 is 1.27 bits per heavy atom. The molecule has 0 N–H and O–H groups in total. The number of piperidine rings is 1. The molecular weight excluding hydrogens is 256 g/mol. The second-order valence-electron chi connectivity index (χ2n) is 4.96. The van der Waals surface area contributed by atoms with Crippen LogP contribution in [0.1, 0.15) is 26.7 Å². The van der Waals surface area contributed by atoms with Crippen molar-refractivity contribution < 1.29 is 0 Å². The number of rotatable bonds is 1. The summed E-state index contributed by atoms with van der Waals surface area (Å²) in [7, 11) is 1.94. The van der Waals surface area contributed by atoms with Crippen LogP contribution in [-0.2, 0) is 7.05 Å². The third-order valence-corrected chi connectivity index (χ3v) is 3.45. The number of aromatic nitrogens is 3. The van der Waals surface area contributed by atoms with Gasteiger partial charge in [0.1, 0.15) is 0 Å². The summed E-state index contributed by atoms with van der Waals surface area (Å²) >= 11 is 3.30. The molecule has 1 aromatic heterocycles. The zero-order valence-electron chi connectivity index (χ0n) is 9.50. The van der Waals surface area contributed by atoms with E-state index in [2.05, 4.69) is 44.8 Å². The van der Waals surface area contributed by atoms with Crippen molar-refractivity contribution in [3.05, 3.63) is 4.73 Å². The van der Waals surface area contributed by atoms with Crippen molar-refractivity contribution in [3.8, 4) is 0 Å². The van der Waals surface area contributed by atoms with E-state index in [1.54, 1.807) is 0 Å². The first-order chi connectivity index (χ1) is 6.98. The topological polar surface area (TPSA) is 34.0 Å². The van der Waals surface area contributed by atoms with Gasteiger partial charge in [-0.05, 0) is 34.2 Å². The molecule has 1 aliphatic rings. The van der Waals surface area contributed by atoms with Gasteiger partial charge in [0, 0.05) is 20.1 Å². The van der Waals surface area contributed by atoms with E-state index in [0.717, 1.165) is 19.0 Å². The molecule has 1 saturated heterocycles. The van der Waals surface area contributed by atoms with Crippen LogP contribution in [0.5, 0.6) is 0 Å². The van der Waals surface area contributed by atoms with E-state index in [9.17, 15) is 0 Å². The van der Waals surface area contributed by atoms with Gasteiger partial charge in [-0.15, -0.1) is 5.10 Å². The summed E-state index contributed by atoms with van der Waals surface area (Å²) in [6.07, 6.45) is 2.44. The smallest absolute Gasteiger partial charge is 0.224 e. The molecule has 0 amide bonds. The first-order valence-corrected chi connectivity index (χ1v) is 6.09. The van der Waals surface area contributed by atoms with E-state index >= 15 is 0 Å². The molecule has 1 aromatic rings. The van der Waals surface area contributed by atoms with Crippen LogP contribution < -0.4 is 4.90 Å². The van der Waals surface area contributed by atoms with Gasteiger partial charge in [-0.3, -0.25) is 0 Å². The number of halogens is 1. The minimum atomic E-state index is 0.478. The summed E-state index contributed by atoms with van der Waals surface area (Å²) in [5, 5.41) is 4.20. The molecule has 0 unspecified atom stereocenters. The Kier molecular flexibility index (Phi) is 2.75. The van der Waals surface area contributed by atoms with Crippen molar-refractivity contribution in [1.29, 1.82) is 0 Å². The lowest BCUT2D eigenvalue weighted by Gasteiger charge is -2.37. The summed E-state index contributed by atoms with van der Waals surface area (Å²) in [5.41, 5.74) is 0.478. The lowest BCUT2D eigenvalue weighted by molar-refractivity contribution is 0.277. The maximum atomic E-state index is 4.38. The lowest BCUT2D eigenvalue weighted by Crippen LogP contribution is -2.38. The van der Waals surface area contributed by atoms with Gasteiger partial charge in [-0.2, -0.15) is 4.98 Å². The number of hydrogen-bond acceptors (Lipinski definition) is 3. The van der Waals surface area contributed by atoms with E-state index in [1.807, 2.05) is 11.7 Å². The van der Waals surface area contributed by atoms with Gasteiger partial charge in [0.2, 0.25) is 10.7 Å². The SMILES string of the molecule is Cn1nc(Br)nc1N1CCC(C)(C)CC1. The standard InChI is InChI=1S/C10H17BrN4/c1-10(2)4-6-15(7-5-10)9-12-8(11)13-14(9)3/h4-7H2,1-3H3. The Balaban J connectivity index is 2.11. The normalized spacial score (nSPS) is 20.7. The highest BCUT2D eigenvalue weighted by atomic mass is 79.9. The van der Waals surface area contributed by atoms with Crippen molar-refractivity contribution in [2.24, 2.45) is 12.5 Å². The van der Waals surface area contributed by atoms with Gasteiger partial charge in [0.05, 0.1) is 0 Å². The molecule has 0 radical (unpaired) electrons. The van der Waals surface area contributed by atoms with Crippen LogP contribution in [-0.4, -0.2) is 27.9 Å². The molecule has 1 fully saturated rings. The highest BCUT2D eigenvalue weighted by Crippen LogP contribution is 2.31. The predicted molar refractivity (Wildman–Crippen MR) is 63.9 cm³/mol. The first-order valence-electron chi connectivity index (χ1n) is 5.29. The van der Waals surface area contributed by atoms with Crippen LogP contribution in [0.4, 0.5) is 5.95 Å². The molecule has 2 rings (SSSR count). The molecule has 0 aliphatic carbocycles. The predicted octanol–water partition coefficient (Wildman–Crippen LogP) is 2.20. The summed E-state index contributed by atoms with van der Waals surface area (Å²) in [6, 6.07) is 0. The van der Waals surface area contributed by atoms with Crippen LogP contribution in [0, 0.1) is 5.41 Å². The highest BCUT2D eigenvalue weighted by Gasteiger charge is 2.27. The molecule has 0 saturated carbocycles. The Morgan fingerprint density at radius 2 is 1.87 bits per heavy atom. The zero-order chi connectivity index (χ0) is 11.1. The van der Waals surface area contributed by atoms with E-state index in [1.165, 1.54) is 12.8 Å². The van der Waals surface area contributed by atoms with Gasteiger partial charge < -0.3 is 4.90 Å². The van der Waals surface area contributed by atoms with E-state index in [0.29, 0.717) is 10.1 Å². The third kappa shape index (κ3) is 2.33. The van der Waals surface area contributed by atoms with Crippen molar-refractivity contribution in [3.63, 3.8) is 0 Å². The minimum Gasteiger partial charge on any atom is -0.341 e. The van der Waals surface area contributed by atoms with Crippen LogP contribution in [0.15, 0.2) is 4.73 Å². The van der Waals surface area contributed by atoms with Gasteiger partial charge in [-0.1, -0.05) is 13.8 Å². The van der Waals surface area contributed by atoms with E-state index < -0.39 is 0 Å². The molecule has 84 valence electrons. The molecule has 5 heteroatoms. The second kappa shape index (κ2) is 3.77. The molecule has 4 nitrogen and oxygen atoms in total. The van der Waals surface area contributed by atoms with Crippen molar-refractivity contribution >= 4 is 21.9 Å². The van der Waals surface area contributed by atoms with Gasteiger partial charge in [0.15, 0.2) is 0 Å². The van der Waals surface area contributed by atoms with Crippen molar-refractivity contribution in [2.75, 3.05) is 18.0 Å². The summed E-state index contributed by atoms with van der Waals surface area (Å²) in [6.45, 7) is 6.81. The fraction of sp³-hybridized carbons (Fsp3) is 0.800. The molecule has 2 heterocycles. The quantitative estimate of drug-likeness (QED) is 0.786. The molecule has 0 atom stereocenters. The number of anilines is 1. The first kappa shape index (κ1) is 10.9. The molecular formula is C10H17BrN4. The van der Waals surface area contributed by atoms with Crippen molar-refractivity contribution in [2.45, 2.75) is 26.7 Å². The fourth-order valence-corrected chi connectivity index (χ4v) is 2.33. The number of aryl methyl sites for hydroxylation is 1. The zero-order valence-corrected chi connectivity index (χ0v) is 11.1. The summed E-state index contributed by atoms with van der Waals surface area (Å²) in [4.78, 5) is 6.68. The van der Waals surface area contributed by atoms with Gasteiger partial charge in [0.25, 0.3) is 0 Å². The Hall–Kier alpha value is -0.580. The van der Waals surface area contributed by atoms with E-state index in [4.69, 9.17) is 0 Å². The molecule has 0 aromatic carbocycles. The second-order valence-corrected chi connectivity index (χ2v) is 5.66. The summed E-state index contributed by atoms with van der Waals surface area (Å²) < 4.78 is 2.51. The molecule has 1 aliphatic heterocycles. The third-order valence-electron chi connectivity index (χ3n) is 3.11. The van der Waals surface area contributed by atoms with Crippen LogP contribution in [0.2, 0.25) is 0 Å². The maximum Gasteiger partial charge on any atom is 0.224 e. The lowest BCUT2D eigenvalue weighted by atomic mass is 9.83. The van der Waals surface area contributed by atoms with Gasteiger partial charge >= 0.3 is 0 Å². The molecule has 0 spiro atoms. The van der Waals surface area contributed by atoms with Crippen LogP contribution in [0.25, 0.3) is 0 Å². The Morgan fingerprint density at radius 3 is 2.33 bits per heavy atom. The number of hydrogen-bond donors (Lipinski definition) is 0. The Labute approximate surface area is 98.8 Å². The maximum absolute atomic E-state index is 4.38. The fourth-order valence-electron chi connectivity index (χ4n) is 1.93. The molecule has 0 bridgehead atoms. The summed E-state index contributed by atoms with van der Waals surface area (Å²) in [5.74, 6) is 0.970. The monoisotopic (exact) mass is 272 g/mol. The highest BCUT2D eigenvalue weighted by molar-refractivity contribution is 9.10. The molecule has 15 heavy (non-hydrogen) atoms. The van der Waals surface area contributed by atoms with Gasteiger partial charge in [-0.25, -0.2) is 4.68 Å². The average Bonchev–Trinajstić information content (AvgIpc) is 2.45.